The minimum Gasteiger partial charge on any atom is -0.247 e. The molecule has 3 heteroatoms. The molecule has 0 bridgehead atoms. The monoisotopic (exact) mass is 170 g/mol. The summed E-state index contributed by atoms with van der Waals surface area (Å²) in [5, 5.41) is 8.90. The number of thiol groups is 1. The molecule has 0 amide bonds. The van der Waals surface area contributed by atoms with E-state index in [4.69, 9.17) is 5.26 Å². The molecule has 11 heavy (non-hydrogen) atoms. The van der Waals surface area contributed by atoms with E-state index < -0.39 is 0 Å². The first-order valence-electron chi connectivity index (χ1n) is 4.05. The van der Waals surface area contributed by atoms with Crippen LogP contribution in [0.5, 0.6) is 0 Å². The lowest BCUT2D eigenvalue weighted by Gasteiger charge is -2.33. The van der Waals surface area contributed by atoms with E-state index in [-0.39, 0.29) is 5.54 Å². The van der Waals surface area contributed by atoms with Crippen molar-refractivity contribution in [2.75, 3.05) is 0 Å². The lowest BCUT2D eigenvalue weighted by Crippen LogP contribution is -2.42. The Kier molecular flexibility index (Phi) is 2.80. The van der Waals surface area contributed by atoms with Crippen molar-refractivity contribution in [1.82, 2.24) is 4.72 Å². The van der Waals surface area contributed by atoms with E-state index in [9.17, 15) is 0 Å². The van der Waals surface area contributed by atoms with Gasteiger partial charge in [-0.1, -0.05) is 32.6 Å². The zero-order valence-electron chi connectivity index (χ0n) is 6.80. The van der Waals surface area contributed by atoms with Crippen LogP contribution < -0.4 is 4.72 Å². The highest BCUT2D eigenvalue weighted by Gasteiger charge is 2.33. The number of rotatable bonds is 1. The number of nitrogens with zero attached hydrogens (tertiary/aromatic N) is 1. The molecule has 2 atom stereocenters. The topological polar surface area (TPSA) is 35.8 Å². The highest BCUT2D eigenvalue weighted by atomic mass is 32.1. The van der Waals surface area contributed by atoms with Crippen LogP contribution >= 0.6 is 12.8 Å². The molecule has 1 fully saturated rings. The molecule has 0 aliphatic heterocycles. The Morgan fingerprint density at radius 3 is 2.82 bits per heavy atom. The Morgan fingerprint density at radius 2 is 2.45 bits per heavy atom. The second-order valence-electron chi connectivity index (χ2n) is 3.51. The van der Waals surface area contributed by atoms with Crippen molar-refractivity contribution < 1.29 is 0 Å². The average Bonchev–Trinajstić information content (AvgIpc) is 2.04. The van der Waals surface area contributed by atoms with Gasteiger partial charge in [-0.3, -0.25) is 0 Å². The van der Waals surface area contributed by atoms with Crippen molar-refractivity contribution in [1.29, 1.82) is 5.26 Å². The Hall–Kier alpha value is -0.200. The minimum absolute atomic E-state index is 0.346. The van der Waals surface area contributed by atoms with Gasteiger partial charge in [-0.25, -0.2) is 4.72 Å². The van der Waals surface area contributed by atoms with Gasteiger partial charge in [0.25, 0.3) is 0 Å². The Labute approximate surface area is 73.5 Å². The molecule has 0 spiro atoms. The van der Waals surface area contributed by atoms with Gasteiger partial charge < -0.3 is 0 Å². The van der Waals surface area contributed by atoms with Gasteiger partial charge in [-0.2, -0.15) is 5.26 Å². The normalized spacial score (nSPS) is 38.1. The summed E-state index contributed by atoms with van der Waals surface area (Å²) < 4.78 is 2.83. The van der Waals surface area contributed by atoms with Gasteiger partial charge >= 0.3 is 0 Å². The molecule has 62 valence electrons. The van der Waals surface area contributed by atoms with Crippen molar-refractivity contribution in [3.8, 4) is 6.07 Å². The van der Waals surface area contributed by atoms with Crippen LogP contribution in [0, 0.1) is 17.2 Å². The van der Waals surface area contributed by atoms with Crippen LogP contribution in [0.15, 0.2) is 0 Å². The quantitative estimate of drug-likeness (QED) is 0.589. The summed E-state index contributed by atoms with van der Waals surface area (Å²) >= 11 is 4.00. The predicted octanol–water partition coefficient (Wildman–Crippen LogP) is 1.89. The van der Waals surface area contributed by atoms with Crippen LogP contribution in [0.3, 0.4) is 0 Å². The predicted molar refractivity (Wildman–Crippen MR) is 48.1 cm³/mol. The largest absolute Gasteiger partial charge is 0.247 e. The molecular weight excluding hydrogens is 156 g/mol. The molecule has 0 aromatic rings. The van der Waals surface area contributed by atoms with Crippen molar-refractivity contribution in [3.05, 3.63) is 0 Å². The summed E-state index contributed by atoms with van der Waals surface area (Å²) in [5.74, 6) is 0.656. The van der Waals surface area contributed by atoms with Crippen LogP contribution in [0.2, 0.25) is 0 Å². The third kappa shape index (κ3) is 1.88. The lowest BCUT2D eigenvalue weighted by atomic mass is 9.78. The van der Waals surface area contributed by atoms with E-state index in [0.717, 1.165) is 19.3 Å². The molecule has 1 saturated carbocycles. The third-order valence-electron chi connectivity index (χ3n) is 2.43. The fraction of sp³-hybridized carbons (Fsp3) is 0.875. The smallest absolute Gasteiger partial charge is 0.115 e. The molecular formula is C8H14N2S. The molecule has 0 aromatic carbocycles. The number of nitriles is 1. The summed E-state index contributed by atoms with van der Waals surface area (Å²) in [6, 6.07) is 2.31. The zero-order chi connectivity index (χ0) is 8.32. The molecule has 0 heterocycles. The third-order valence-corrected chi connectivity index (χ3v) is 2.85. The number of hydrogen-bond donors (Lipinski definition) is 2. The molecule has 2 nitrogen and oxygen atoms in total. The second kappa shape index (κ2) is 3.46. The maximum absolute atomic E-state index is 8.90. The summed E-state index contributed by atoms with van der Waals surface area (Å²) in [5.41, 5.74) is -0.346. The Balaban J connectivity index is 2.62. The van der Waals surface area contributed by atoms with E-state index in [1.165, 1.54) is 6.42 Å². The molecule has 0 aromatic heterocycles. The second-order valence-corrected chi connectivity index (χ2v) is 3.73. The van der Waals surface area contributed by atoms with Crippen molar-refractivity contribution >= 4 is 12.8 Å². The van der Waals surface area contributed by atoms with Gasteiger partial charge in [-0.05, 0) is 18.8 Å². The molecule has 1 rings (SSSR count). The van der Waals surface area contributed by atoms with Crippen LogP contribution in [0.25, 0.3) is 0 Å². The summed E-state index contributed by atoms with van der Waals surface area (Å²) in [6.45, 7) is 2.19. The van der Waals surface area contributed by atoms with E-state index in [1.807, 2.05) is 0 Å². The van der Waals surface area contributed by atoms with Crippen LogP contribution in [-0.2, 0) is 0 Å². The molecule has 0 radical (unpaired) electrons. The van der Waals surface area contributed by atoms with Gasteiger partial charge in [-0.15, -0.1) is 0 Å². The molecule has 2 unspecified atom stereocenters. The highest BCUT2D eigenvalue weighted by Crippen LogP contribution is 2.31. The lowest BCUT2D eigenvalue weighted by molar-refractivity contribution is 0.276. The maximum atomic E-state index is 8.90. The van der Waals surface area contributed by atoms with Gasteiger partial charge in [0.05, 0.1) is 6.07 Å². The molecule has 0 saturated heterocycles. The van der Waals surface area contributed by atoms with Crippen LogP contribution in [0.1, 0.15) is 32.6 Å². The highest BCUT2D eigenvalue weighted by molar-refractivity contribution is 7.78. The van der Waals surface area contributed by atoms with E-state index in [0.29, 0.717) is 5.92 Å². The van der Waals surface area contributed by atoms with Gasteiger partial charge in [0.15, 0.2) is 0 Å². The maximum Gasteiger partial charge on any atom is 0.115 e. The Morgan fingerprint density at radius 1 is 1.73 bits per heavy atom. The standard InChI is InChI=1S/C8H14N2S/c1-7-3-2-4-8(5-7,6-9)10-11/h7,10-11H,2-5H2,1H3. The van der Waals surface area contributed by atoms with E-state index in [1.54, 1.807) is 0 Å². The first kappa shape index (κ1) is 8.89. The minimum atomic E-state index is -0.346. The van der Waals surface area contributed by atoms with Gasteiger partial charge in [0.1, 0.15) is 5.54 Å². The fourth-order valence-corrected chi connectivity index (χ4v) is 2.03. The van der Waals surface area contributed by atoms with Crippen molar-refractivity contribution in [2.24, 2.45) is 5.92 Å². The van der Waals surface area contributed by atoms with E-state index >= 15 is 0 Å². The van der Waals surface area contributed by atoms with Crippen molar-refractivity contribution in [3.63, 3.8) is 0 Å². The van der Waals surface area contributed by atoms with Crippen LogP contribution in [0.4, 0.5) is 0 Å². The average molecular weight is 170 g/mol. The molecule has 1 N–H and O–H groups in total. The molecule has 1 aliphatic rings. The van der Waals surface area contributed by atoms with E-state index in [2.05, 4.69) is 30.5 Å². The van der Waals surface area contributed by atoms with Crippen LogP contribution in [-0.4, -0.2) is 5.54 Å². The Bertz CT molecular complexity index is 175. The van der Waals surface area contributed by atoms with Crippen molar-refractivity contribution in [2.45, 2.75) is 38.1 Å². The summed E-state index contributed by atoms with van der Waals surface area (Å²) in [7, 11) is 0. The summed E-state index contributed by atoms with van der Waals surface area (Å²) in [6.07, 6.45) is 4.27. The number of hydrogen-bond acceptors (Lipinski definition) is 3. The molecule has 1 aliphatic carbocycles. The SMILES string of the molecule is CC1CCCC(C#N)(NS)C1. The number of nitrogens with one attached hydrogen (secondary N) is 1. The van der Waals surface area contributed by atoms with Gasteiger partial charge in [0.2, 0.25) is 0 Å². The zero-order valence-corrected chi connectivity index (χ0v) is 7.69. The summed E-state index contributed by atoms with van der Waals surface area (Å²) in [4.78, 5) is 0. The first-order valence-corrected chi connectivity index (χ1v) is 4.50. The first-order chi connectivity index (χ1) is 5.22. The van der Waals surface area contributed by atoms with Gasteiger partial charge in [0, 0.05) is 0 Å². The fourth-order valence-electron chi connectivity index (χ4n) is 1.78.